The number of amides is 1. The summed E-state index contributed by atoms with van der Waals surface area (Å²) in [7, 11) is 0. The zero-order valence-corrected chi connectivity index (χ0v) is 14.2. The van der Waals surface area contributed by atoms with E-state index >= 15 is 0 Å². The number of imidazole rings is 1. The molecule has 4 aromatic rings. The summed E-state index contributed by atoms with van der Waals surface area (Å²) in [5.74, 6) is 0.748. The van der Waals surface area contributed by atoms with Crippen molar-refractivity contribution in [2.45, 2.75) is 12.8 Å². The van der Waals surface area contributed by atoms with Crippen molar-refractivity contribution in [1.82, 2.24) is 14.5 Å². The molecule has 0 fully saturated rings. The lowest BCUT2D eigenvalue weighted by Crippen LogP contribution is -2.12. The van der Waals surface area contributed by atoms with Crippen LogP contribution in [0.5, 0.6) is 0 Å². The average molecular weight is 342 g/mol. The van der Waals surface area contributed by atoms with Gasteiger partial charge in [0.25, 0.3) is 0 Å². The van der Waals surface area contributed by atoms with Gasteiger partial charge in [-0.3, -0.25) is 9.36 Å². The zero-order chi connectivity index (χ0) is 17.8. The number of aryl methyl sites for hydroxylation is 1. The second-order valence-corrected chi connectivity index (χ2v) is 6.04. The van der Waals surface area contributed by atoms with Gasteiger partial charge in [-0.05, 0) is 36.2 Å². The predicted molar refractivity (Wildman–Crippen MR) is 102 cm³/mol. The number of carbonyl (C=O) groups excluding carboxylic acids is 1. The number of para-hydroxylation sites is 2. The standard InChI is InChI=1S/C21H18N4O/c26-21(13-10-16-6-2-1-3-7-16)24-17-11-12-20(22-14-17)25-15-23-18-8-4-5-9-19(18)25/h1-9,11-12,14-15H,10,13H2,(H,24,26). The third-order valence-corrected chi connectivity index (χ3v) is 4.22. The van der Waals surface area contributed by atoms with Gasteiger partial charge in [-0.1, -0.05) is 42.5 Å². The molecule has 0 radical (unpaired) electrons. The molecule has 0 aliphatic heterocycles. The number of pyridine rings is 1. The van der Waals surface area contributed by atoms with Gasteiger partial charge in [0.1, 0.15) is 12.1 Å². The Labute approximate surface area is 151 Å². The van der Waals surface area contributed by atoms with Crippen molar-refractivity contribution in [3.05, 3.63) is 84.8 Å². The number of hydrogen-bond donors (Lipinski definition) is 1. The van der Waals surface area contributed by atoms with Gasteiger partial charge in [-0.25, -0.2) is 9.97 Å². The SMILES string of the molecule is O=C(CCc1ccccc1)Nc1ccc(-n2cnc3ccccc32)nc1. The van der Waals surface area contributed by atoms with Gasteiger partial charge in [0.05, 0.1) is 22.9 Å². The maximum absolute atomic E-state index is 12.1. The first-order chi connectivity index (χ1) is 12.8. The fourth-order valence-corrected chi connectivity index (χ4v) is 2.87. The van der Waals surface area contributed by atoms with Gasteiger partial charge >= 0.3 is 0 Å². The summed E-state index contributed by atoms with van der Waals surface area (Å²) in [6, 6.07) is 21.6. The van der Waals surface area contributed by atoms with Crippen LogP contribution in [0.1, 0.15) is 12.0 Å². The van der Waals surface area contributed by atoms with Crippen molar-refractivity contribution in [3.8, 4) is 5.82 Å². The maximum atomic E-state index is 12.1. The van der Waals surface area contributed by atoms with E-state index in [1.807, 2.05) is 71.3 Å². The van der Waals surface area contributed by atoms with Crippen LogP contribution in [0.4, 0.5) is 5.69 Å². The summed E-state index contributed by atoms with van der Waals surface area (Å²) in [6.07, 6.45) is 4.59. The number of rotatable bonds is 5. The Hall–Kier alpha value is -3.47. The normalized spacial score (nSPS) is 10.8. The predicted octanol–water partition coefficient (Wildman–Crippen LogP) is 3.99. The molecule has 0 bridgehead atoms. The van der Waals surface area contributed by atoms with Crippen molar-refractivity contribution < 1.29 is 4.79 Å². The van der Waals surface area contributed by atoms with Gasteiger partial charge in [0, 0.05) is 6.42 Å². The molecule has 2 heterocycles. The largest absolute Gasteiger partial charge is 0.325 e. The maximum Gasteiger partial charge on any atom is 0.224 e. The minimum absolute atomic E-state index is 0.0171. The third kappa shape index (κ3) is 3.47. The van der Waals surface area contributed by atoms with E-state index in [-0.39, 0.29) is 5.91 Å². The molecule has 5 heteroatoms. The Morgan fingerprint density at radius 3 is 2.54 bits per heavy atom. The number of hydrogen-bond acceptors (Lipinski definition) is 3. The van der Waals surface area contributed by atoms with E-state index in [0.29, 0.717) is 12.1 Å². The minimum atomic E-state index is -0.0171. The third-order valence-electron chi connectivity index (χ3n) is 4.22. The Bertz CT molecular complexity index is 1020. The number of nitrogens with zero attached hydrogens (tertiary/aromatic N) is 3. The summed E-state index contributed by atoms with van der Waals surface area (Å²) < 4.78 is 1.93. The number of carbonyl (C=O) groups is 1. The van der Waals surface area contributed by atoms with E-state index < -0.39 is 0 Å². The van der Waals surface area contributed by atoms with Crippen LogP contribution in [-0.2, 0) is 11.2 Å². The molecule has 128 valence electrons. The van der Waals surface area contributed by atoms with Crippen LogP contribution >= 0.6 is 0 Å². The van der Waals surface area contributed by atoms with Crippen LogP contribution in [0.25, 0.3) is 16.9 Å². The highest BCUT2D eigenvalue weighted by Gasteiger charge is 2.07. The molecule has 0 aliphatic carbocycles. The Morgan fingerprint density at radius 2 is 1.73 bits per heavy atom. The van der Waals surface area contributed by atoms with E-state index in [1.54, 1.807) is 12.5 Å². The summed E-state index contributed by atoms with van der Waals surface area (Å²) in [6.45, 7) is 0. The van der Waals surface area contributed by atoms with Crippen LogP contribution in [0.3, 0.4) is 0 Å². The highest BCUT2D eigenvalue weighted by molar-refractivity contribution is 5.90. The average Bonchev–Trinajstić information content (AvgIpc) is 3.12. The van der Waals surface area contributed by atoms with E-state index in [0.717, 1.165) is 28.8 Å². The van der Waals surface area contributed by atoms with Crippen molar-refractivity contribution in [2.75, 3.05) is 5.32 Å². The summed E-state index contributed by atoms with van der Waals surface area (Å²) >= 11 is 0. The Balaban J connectivity index is 1.42. The molecule has 0 aliphatic rings. The van der Waals surface area contributed by atoms with Gasteiger partial charge in [0.2, 0.25) is 5.91 Å². The van der Waals surface area contributed by atoms with Crippen LogP contribution in [0.15, 0.2) is 79.3 Å². The highest BCUT2D eigenvalue weighted by Crippen LogP contribution is 2.17. The Kier molecular flexibility index (Phi) is 4.43. The quantitative estimate of drug-likeness (QED) is 0.596. The summed E-state index contributed by atoms with van der Waals surface area (Å²) in [5, 5.41) is 2.90. The molecule has 1 amide bonds. The van der Waals surface area contributed by atoms with E-state index in [2.05, 4.69) is 15.3 Å². The fraction of sp³-hybridized carbons (Fsp3) is 0.0952. The molecule has 5 nitrogen and oxygen atoms in total. The van der Waals surface area contributed by atoms with Crippen LogP contribution in [-0.4, -0.2) is 20.4 Å². The van der Waals surface area contributed by atoms with Crippen LogP contribution < -0.4 is 5.32 Å². The van der Waals surface area contributed by atoms with Gasteiger partial charge in [-0.2, -0.15) is 0 Å². The van der Waals surface area contributed by atoms with Gasteiger partial charge in [-0.15, -0.1) is 0 Å². The summed E-state index contributed by atoms with van der Waals surface area (Å²) in [5.41, 5.74) is 3.77. The molecule has 0 unspecified atom stereocenters. The van der Waals surface area contributed by atoms with E-state index in [1.165, 1.54) is 0 Å². The topological polar surface area (TPSA) is 59.8 Å². The fourth-order valence-electron chi connectivity index (χ4n) is 2.87. The molecule has 2 aromatic heterocycles. The van der Waals surface area contributed by atoms with E-state index in [9.17, 15) is 4.79 Å². The molecule has 0 saturated heterocycles. The van der Waals surface area contributed by atoms with Crippen molar-refractivity contribution in [1.29, 1.82) is 0 Å². The van der Waals surface area contributed by atoms with Crippen molar-refractivity contribution in [3.63, 3.8) is 0 Å². The molecule has 2 aromatic carbocycles. The lowest BCUT2D eigenvalue weighted by atomic mass is 10.1. The van der Waals surface area contributed by atoms with Gasteiger partial charge in [0.15, 0.2) is 0 Å². The number of aromatic nitrogens is 3. The van der Waals surface area contributed by atoms with Crippen molar-refractivity contribution >= 4 is 22.6 Å². The lowest BCUT2D eigenvalue weighted by molar-refractivity contribution is -0.116. The second kappa shape index (κ2) is 7.19. The smallest absolute Gasteiger partial charge is 0.224 e. The first kappa shape index (κ1) is 16.0. The second-order valence-electron chi connectivity index (χ2n) is 6.04. The zero-order valence-electron chi connectivity index (χ0n) is 14.2. The first-order valence-electron chi connectivity index (χ1n) is 8.52. The van der Waals surface area contributed by atoms with E-state index in [4.69, 9.17) is 0 Å². The summed E-state index contributed by atoms with van der Waals surface area (Å²) in [4.78, 5) is 20.9. The lowest BCUT2D eigenvalue weighted by Gasteiger charge is -2.07. The van der Waals surface area contributed by atoms with Crippen LogP contribution in [0, 0.1) is 0 Å². The van der Waals surface area contributed by atoms with Crippen LogP contribution in [0.2, 0.25) is 0 Å². The molecular formula is C21H18N4O. The molecule has 1 N–H and O–H groups in total. The molecule has 26 heavy (non-hydrogen) atoms. The minimum Gasteiger partial charge on any atom is -0.325 e. The monoisotopic (exact) mass is 342 g/mol. The number of benzene rings is 2. The molecule has 0 saturated carbocycles. The van der Waals surface area contributed by atoms with Crippen molar-refractivity contribution in [2.24, 2.45) is 0 Å². The van der Waals surface area contributed by atoms with Gasteiger partial charge < -0.3 is 5.32 Å². The first-order valence-corrected chi connectivity index (χ1v) is 8.52. The molecule has 0 spiro atoms. The highest BCUT2D eigenvalue weighted by atomic mass is 16.1. The molecular weight excluding hydrogens is 324 g/mol. The number of nitrogens with one attached hydrogen (secondary N) is 1. The number of fused-ring (bicyclic) bond motifs is 1. The number of anilines is 1. The Morgan fingerprint density at radius 1 is 0.923 bits per heavy atom. The molecule has 4 rings (SSSR count). The molecule has 0 atom stereocenters.